The molecule has 1 unspecified atom stereocenters. The molecule has 110 valence electrons. The summed E-state index contributed by atoms with van der Waals surface area (Å²) < 4.78 is 5.53. The molecule has 0 radical (unpaired) electrons. The lowest BCUT2D eigenvalue weighted by Gasteiger charge is -2.23. The molecule has 2 rings (SSSR count). The molecule has 1 aliphatic heterocycles. The van der Waals surface area contributed by atoms with E-state index in [0.29, 0.717) is 6.54 Å². The van der Waals surface area contributed by atoms with Gasteiger partial charge in [0.2, 0.25) is 0 Å². The van der Waals surface area contributed by atoms with Gasteiger partial charge in [-0.1, -0.05) is 0 Å². The van der Waals surface area contributed by atoms with Crippen molar-refractivity contribution >= 4 is 11.4 Å². The summed E-state index contributed by atoms with van der Waals surface area (Å²) in [4.78, 5) is 2.15. The molecule has 0 aromatic heterocycles. The van der Waals surface area contributed by atoms with E-state index >= 15 is 0 Å². The highest BCUT2D eigenvalue weighted by molar-refractivity contribution is 5.55. The molecule has 1 heterocycles. The molecule has 20 heavy (non-hydrogen) atoms. The van der Waals surface area contributed by atoms with Gasteiger partial charge >= 0.3 is 0 Å². The predicted molar refractivity (Wildman–Crippen MR) is 83.2 cm³/mol. The number of hydrogen-bond donors (Lipinski definition) is 2. The van der Waals surface area contributed by atoms with Crippen molar-refractivity contribution in [1.82, 2.24) is 0 Å². The van der Waals surface area contributed by atoms with Gasteiger partial charge in [0.1, 0.15) is 6.10 Å². The zero-order valence-corrected chi connectivity index (χ0v) is 12.1. The van der Waals surface area contributed by atoms with Crippen LogP contribution in [0, 0.1) is 0 Å². The molecular weight excluding hydrogens is 252 g/mol. The van der Waals surface area contributed by atoms with Crippen LogP contribution in [0.2, 0.25) is 0 Å². The molecule has 1 aromatic rings. The first-order valence-electron chi connectivity index (χ1n) is 7.33. The Hall–Kier alpha value is -1.68. The molecule has 4 nitrogen and oxygen atoms in total. The second-order valence-corrected chi connectivity index (χ2v) is 4.94. The molecule has 0 amide bonds. The van der Waals surface area contributed by atoms with Gasteiger partial charge in [-0.3, -0.25) is 0 Å². The molecule has 0 spiro atoms. The third kappa shape index (κ3) is 4.17. The van der Waals surface area contributed by atoms with Crippen LogP contribution in [-0.2, 0) is 4.74 Å². The lowest BCUT2D eigenvalue weighted by atomic mass is 10.1. The number of allylic oxidation sites excluding steroid dienone is 1. The van der Waals surface area contributed by atoms with E-state index in [9.17, 15) is 0 Å². The smallest absolute Gasteiger partial charge is 0.115 e. The van der Waals surface area contributed by atoms with Crippen molar-refractivity contribution in [3.8, 4) is 0 Å². The van der Waals surface area contributed by atoms with E-state index in [4.69, 9.17) is 9.84 Å². The van der Waals surface area contributed by atoms with E-state index in [-0.39, 0.29) is 12.7 Å². The predicted octanol–water partition coefficient (Wildman–Crippen LogP) is 2.61. The van der Waals surface area contributed by atoms with Gasteiger partial charge in [-0.2, -0.15) is 0 Å². The maximum Gasteiger partial charge on any atom is 0.115 e. The molecule has 0 saturated carbocycles. The zero-order valence-electron chi connectivity index (χ0n) is 12.1. The molecule has 1 aromatic carbocycles. The third-order valence-electron chi connectivity index (χ3n) is 3.54. The number of rotatable bonds is 7. The topological polar surface area (TPSA) is 44.7 Å². The van der Waals surface area contributed by atoms with Crippen LogP contribution in [0.4, 0.5) is 11.4 Å². The number of benzene rings is 1. The van der Waals surface area contributed by atoms with Gasteiger partial charge < -0.3 is 20.1 Å². The Labute approximate surface area is 121 Å². The lowest BCUT2D eigenvalue weighted by Crippen LogP contribution is -2.26. The van der Waals surface area contributed by atoms with Gasteiger partial charge in [0.15, 0.2) is 0 Å². The first-order valence-corrected chi connectivity index (χ1v) is 7.33. The monoisotopic (exact) mass is 276 g/mol. The number of nitrogens with one attached hydrogen (secondary N) is 1. The van der Waals surface area contributed by atoms with Crippen LogP contribution in [0.1, 0.15) is 19.8 Å². The van der Waals surface area contributed by atoms with Gasteiger partial charge in [0.05, 0.1) is 19.4 Å². The third-order valence-corrected chi connectivity index (χ3v) is 3.54. The van der Waals surface area contributed by atoms with E-state index in [1.165, 1.54) is 0 Å². The Kier molecular flexibility index (Phi) is 5.74. The van der Waals surface area contributed by atoms with E-state index in [1.807, 2.05) is 0 Å². The summed E-state index contributed by atoms with van der Waals surface area (Å²) in [6, 6.07) is 8.33. The number of nitrogens with zero attached hydrogens (tertiary/aromatic N) is 1. The fourth-order valence-corrected chi connectivity index (χ4v) is 2.35. The largest absolute Gasteiger partial charge is 0.497 e. The summed E-state index contributed by atoms with van der Waals surface area (Å²) >= 11 is 0. The van der Waals surface area contributed by atoms with E-state index in [0.717, 1.165) is 37.3 Å². The Balaban J connectivity index is 1.85. The van der Waals surface area contributed by atoms with Crippen molar-refractivity contribution in [1.29, 1.82) is 0 Å². The lowest BCUT2D eigenvalue weighted by molar-refractivity contribution is 0.135. The minimum atomic E-state index is 0.181. The van der Waals surface area contributed by atoms with Gasteiger partial charge in [0, 0.05) is 24.5 Å². The van der Waals surface area contributed by atoms with Gasteiger partial charge in [0.25, 0.3) is 0 Å². The zero-order chi connectivity index (χ0) is 14.2. The van der Waals surface area contributed by atoms with E-state index in [1.54, 1.807) is 6.26 Å². The van der Waals surface area contributed by atoms with Crippen LogP contribution in [0.5, 0.6) is 0 Å². The molecule has 2 N–H and O–H groups in total. The molecule has 1 aliphatic rings. The van der Waals surface area contributed by atoms with Gasteiger partial charge in [-0.15, -0.1) is 0 Å². The van der Waals surface area contributed by atoms with Crippen LogP contribution >= 0.6 is 0 Å². The normalized spacial score (nSPS) is 17.6. The standard InChI is InChI=1S/C16H24N2O2/c1-2-18(10-11-19)15-8-6-14(7-9-15)17-13-16-5-3-4-12-20-16/h4,6-9,12,16-17,19H,2-3,5,10-11,13H2,1H3. The van der Waals surface area contributed by atoms with Crippen molar-refractivity contribution in [2.24, 2.45) is 0 Å². The molecule has 1 atom stereocenters. The highest BCUT2D eigenvalue weighted by Crippen LogP contribution is 2.18. The highest BCUT2D eigenvalue weighted by Gasteiger charge is 2.10. The highest BCUT2D eigenvalue weighted by atomic mass is 16.5. The molecule has 0 saturated heterocycles. The molecule has 0 bridgehead atoms. The molecule has 0 aliphatic carbocycles. The molecule has 4 heteroatoms. The van der Waals surface area contributed by atoms with Crippen LogP contribution in [0.25, 0.3) is 0 Å². The fourth-order valence-electron chi connectivity index (χ4n) is 2.35. The summed E-state index contributed by atoms with van der Waals surface area (Å²) in [5.74, 6) is 0. The van der Waals surface area contributed by atoms with Gasteiger partial charge in [-0.25, -0.2) is 0 Å². The van der Waals surface area contributed by atoms with E-state index in [2.05, 4.69) is 47.5 Å². The Morgan fingerprint density at radius 1 is 1.35 bits per heavy atom. The Morgan fingerprint density at radius 3 is 2.75 bits per heavy atom. The quantitative estimate of drug-likeness (QED) is 0.803. The summed E-state index contributed by atoms with van der Waals surface area (Å²) in [5.41, 5.74) is 2.25. The van der Waals surface area contributed by atoms with E-state index < -0.39 is 0 Å². The Morgan fingerprint density at radius 2 is 2.15 bits per heavy atom. The number of hydrogen-bond acceptors (Lipinski definition) is 4. The van der Waals surface area contributed by atoms with Crippen molar-refractivity contribution in [3.63, 3.8) is 0 Å². The number of likely N-dealkylation sites (N-methyl/N-ethyl adjacent to an activating group) is 1. The average molecular weight is 276 g/mol. The number of ether oxygens (including phenoxy) is 1. The summed E-state index contributed by atoms with van der Waals surface area (Å²) in [7, 11) is 0. The Bertz CT molecular complexity index is 417. The molecule has 0 fully saturated rings. The average Bonchev–Trinajstić information content (AvgIpc) is 2.52. The van der Waals surface area contributed by atoms with Crippen molar-refractivity contribution in [2.45, 2.75) is 25.9 Å². The minimum absolute atomic E-state index is 0.181. The fraction of sp³-hybridized carbons (Fsp3) is 0.500. The number of aliphatic hydroxyl groups excluding tert-OH is 1. The maximum atomic E-state index is 9.04. The van der Waals surface area contributed by atoms with Crippen LogP contribution in [0.3, 0.4) is 0 Å². The second-order valence-electron chi connectivity index (χ2n) is 4.94. The van der Waals surface area contributed by atoms with Crippen molar-refractivity contribution in [3.05, 3.63) is 36.6 Å². The summed E-state index contributed by atoms with van der Waals surface area (Å²) in [5, 5.41) is 12.4. The second kappa shape index (κ2) is 7.80. The first-order chi connectivity index (χ1) is 9.83. The van der Waals surface area contributed by atoms with Crippen molar-refractivity contribution < 1.29 is 9.84 Å². The molecular formula is C16H24N2O2. The van der Waals surface area contributed by atoms with Crippen LogP contribution in [-0.4, -0.2) is 37.5 Å². The number of anilines is 2. The van der Waals surface area contributed by atoms with Crippen LogP contribution < -0.4 is 10.2 Å². The minimum Gasteiger partial charge on any atom is -0.497 e. The first kappa shape index (κ1) is 14.7. The van der Waals surface area contributed by atoms with Gasteiger partial charge in [-0.05, 0) is 50.1 Å². The van der Waals surface area contributed by atoms with Crippen LogP contribution in [0.15, 0.2) is 36.6 Å². The SMILES string of the molecule is CCN(CCO)c1ccc(NCC2CCC=CO2)cc1. The number of aliphatic hydroxyl groups is 1. The summed E-state index contributed by atoms with van der Waals surface area (Å²) in [6.45, 7) is 4.68. The van der Waals surface area contributed by atoms with Crippen molar-refractivity contribution in [2.75, 3.05) is 36.5 Å². The maximum absolute atomic E-state index is 9.04. The summed E-state index contributed by atoms with van der Waals surface area (Å²) in [6.07, 6.45) is 6.29.